The van der Waals surface area contributed by atoms with Gasteiger partial charge in [-0.2, -0.15) is 0 Å². The van der Waals surface area contributed by atoms with Gasteiger partial charge in [0.25, 0.3) is 0 Å². The second kappa shape index (κ2) is 6.26. The number of benzene rings is 1. The molecule has 0 saturated heterocycles. The molecule has 0 bridgehead atoms. The zero-order chi connectivity index (χ0) is 15.5. The molecular weight excluding hydrogens is 324 g/mol. The summed E-state index contributed by atoms with van der Waals surface area (Å²) in [4.78, 5) is 24.9. The Labute approximate surface area is 127 Å². The molecule has 5 nitrogen and oxygen atoms in total. The first-order valence-electron chi connectivity index (χ1n) is 6.12. The van der Waals surface area contributed by atoms with Crippen molar-refractivity contribution in [3.05, 3.63) is 34.3 Å². The summed E-state index contributed by atoms with van der Waals surface area (Å²) >= 11 is 3.33. The summed E-state index contributed by atoms with van der Waals surface area (Å²) in [5.74, 6) is -0.614. The molecule has 1 unspecified atom stereocenters. The van der Waals surface area contributed by atoms with Gasteiger partial charge in [0.15, 0.2) is 0 Å². The van der Waals surface area contributed by atoms with Crippen molar-refractivity contribution in [2.45, 2.75) is 32.4 Å². The van der Waals surface area contributed by atoms with E-state index in [4.69, 9.17) is 10.5 Å². The van der Waals surface area contributed by atoms with Gasteiger partial charge in [-0.25, -0.2) is 4.79 Å². The van der Waals surface area contributed by atoms with Crippen LogP contribution in [0, 0.1) is 0 Å². The fourth-order valence-corrected chi connectivity index (χ4v) is 2.11. The SMILES string of the molecule is CN(C(=O)OC(C)(C)C)C(C(N)=O)c1cccc(Br)c1. The molecule has 1 rings (SSSR count). The van der Waals surface area contributed by atoms with Crippen molar-refractivity contribution in [1.29, 1.82) is 0 Å². The average Bonchev–Trinajstić information content (AvgIpc) is 2.26. The maximum absolute atomic E-state index is 12.0. The molecule has 1 aromatic carbocycles. The first-order valence-corrected chi connectivity index (χ1v) is 6.91. The van der Waals surface area contributed by atoms with E-state index in [2.05, 4.69) is 15.9 Å². The largest absolute Gasteiger partial charge is 0.444 e. The van der Waals surface area contributed by atoms with Crippen LogP contribution in [0.1, 0.15) is 32.4 Å². The van der Waals surface area contributed by atoms with E-state index in [0.29, 0.717) is 5.56 Å². The van der Waals surface area contributed by atoms with Crippen molar-refractivity contribution < 1.29 is 14.3 Å². The second-order valence-electron chi connectivity index (χ2n) is 5.45. The highest BCUT2D eigenvalue weighted by molar-refractivity contribution is 9.10. The van der Waals surface area contributed by atoms with E-state index in [1.165, 1.54) is 11.9 Å². The maximum Gasteiger partial charge on any atom is 0.410 e. The van der Waals surface area contributed by atoms with Crippen molar-refractivity contribution in [3.8, 4) is 0 Å². The van der Waals surface area contributed by atoms with Crippen molar-refractivity contribution in [3.63, 3.8) is 0 Å². The summed E-state index contributed by atoms with van der Waals surface area (Å²) in [5.41, 5.74) is 5.41. The Balaban J connectivity index is 3.03. The Morgan fingerprint density at radius 1 is 1.35 bits per heavy atom. The number of ether oxygens (including phenoxy) is 1. The number of hydrogen-bond donors (Lipinski definition) is 1. The summed E-state index contributed by atoms with van der Waals surface area (Å²) in [6.45, 7) is 5.28. The highest BCUT2D eigenvalue weighted by Crippen LogP contribution is 2.24. The minimum atomic E-state index is -0.873. The number of halogens is 1. The van der Waals surface area contributed by atoms with Crippen LogP contribution in [0.5, 0.6) is 0 Å². The molecule has 0 fully saturated rings. The lowest BCUT2D eigenvalue weighted by Crippen LogP contribution is -2.41. The fourth-order valence-electron chi connectivity index (χ4n) is 1.69. The molecule has 0 radical (unpaired) electrons. The van der Waals surface area contributed by atoms with Gasteiger partial charge < -0.3 is 10.5 Å². The van der Waals surface area contributed by atoms with Gasteiger partial charge in [-0.3, -0.25) is 9.69 Å². The molecule has 1 atom stereocenters. The second-order valence-corrected chi connectivity index (χ2v) is 6.37. The quantitative estimate of drug-likeness (QED) is 0.917. The van der Waals surface area contributed by atoms with Gasteiger partial charge in [-0.1, -0.05) is 28.1 Å². The number of rotatable bonds is 3. The maximum atomic E-state index is 12.0. The third-order valence-electron chi connectivity index (χ3n) is 2.50. The average molecular weight is 343 g/mol. The van der Waals surface area contributed by atoms with E-state index in [0.717, 1.165) is 4.47 Å². The van der Waals surface area contributed by atoms with E-state index in [1.54, 1.807) is 39.0 Å². The number of hydrogen-bond acceptors (Lipinski definition) is 3. The molecule has 20 heavy (non-hydrogen) atoms. The number of nitrogens with two attached hydrogens (primary N) is 1. The van der Waals surface area contributed by atoms with E-state index >= 15 is 0 Å². The Kier molecular flexibility index (Phi) is 5.16. The van der Waals surface area contributed by atoms with Crippen LogP contribution in [0.25, 0.3) is 0 Å². The third kappa shape index (κ3) is 4.52. The van der Waals surface area contributed by atoms with E-state index in [9.17, 15) is 9.59 Å². The number of amides is 2. The topological polar surface area (TPSA) is 72.6 Å². The molecule has 0 heterocycles. The third-order valence-corrected chi connectivity index (χ3v) is 3.00. The highest BCUT2D eigenvalue weighted by atomic mass is 79.9. The zero-order valence-electron chi connectivity index (χ0n) is 12.0. The van der Waals surface area contributed by atoms with Crippen molar-refractivity contribution in [2.24, 2.45) is 5.73 Å². The number of nitrogens with zero attached hydrogens (tertiary/aromatic N) is 1. The van der Waals surface area contributed by atoms with Crippen LogP contribution in [0.2, 0.25) is 0 Å². The first-order chi connectivity index (χ1) is 9.11. The monoisotopic (exact) mass is 342 g/mol. The van der Waals surface area contributed by atoms with E-state index < -0.39 is 23.6 Å². The number of primary amides is 1. The van der Waals surface area contributed by atoms with Crippen LogP contribution in [0.4, 0.5) is 4.79 Å². The fraction of sp³-hybridized carbons (Fsp3) is 0.429. The van der Waals surface area contributed by atoms with Crippen LogP contribution in [-0.4, -0.2) is 29.5 Å². The van der Waals surface area contributed by atoms with E-state index in [1.807, 2.05) is 6.07 Å². The standard InChI is InChI=1S/C14H19BrN2O3/c1-14(2,3)20-13(19)17(4)11(12(16)18)9-6-5-7-10(15)8-9/h5-8,11H,1-4H3,(H2,16,18). The van der Waals surface area contributed by atoms with Crippen molar-refractivity contribution in [2.75, 3.05) is 7.05 Å². The van der Waals surface area contributed by atoms with Crippen molar-refractivity contribution >= 4 is 27.9 Å². The van der Waals surface area contributed by atoms with Crippen LogP contribution < -0.4 is 5.73 Å². The van der Waals surface area contributed by atoms with Gasteiger partial charge in [0, 0.05) is 11.5 Å². The van der Waals surface area contributed by atoms with Crippen LogP contribution in [-0.2, 0) is 9.53 Å². The normalized spacial score (nSPS) is 12.7. The number of carbonyl (C=O) groups is 2. The molecule has 0 aliphatic carbocycles. The molecule has 2 N–H and O–H groups in total. The van der Waals surface area contributed by atoms with Gasteiger partial charge in [-0.05, 0) is 38.5 Å². The summed E-state index contributed by atoms with van der Waals surface area (Å²) in [6, 6.07) is 6.22. The zero-order valence-corrected chi connectivity index (χ0v) is 13.6. The minimum Gasteiger partial charge on any atom is -0.444 e. The minimum absolute atomic E-state index is 0.596. The molecule has 0 spiro atoms. The summed E-state index contributed by atoms with van der Waals surface area (Å²) in [7, 11) is 1.49. The lowest BCUT2D eigenvalue weighted by Gasteiger charge is -2.29. The van der Waals surface area contributed by atoms with Gasteiger partial charge in [0.1, 0.15) is 11.6 Å². The molecular formula is C14H19BrN2O3. The van der Waals surface area contributed by atoms with Crippen LogP contribution in [0.3, 0.4) is 0 Å². The predicted molar refractivity (Wildman–Crippen MR) is 80.1 cm³/mol. The molecule has 1 aromatic rings. The van der Waals surface area contributed by atoms with Crippen LogP contribution >= 0.6 is 15.9 Å². The van der Waals surface area contributed by atoms with E-state index in [-0.39, 0.29) is 0 Å². The molecule has 6 heteroatoms. The van der Waals surface area contributed by atoms with Crippen LogP contribution in [0.15, 0.2) is 28.7 Å². The van der Waals surface area contributed by atoms with Crippen molar-refractivity contribution in [1.82, 2.24) is 4.90 Å². The van der Waals surface area contributed by atoms with Gasteiger partial charge in [0.2, 0.25) is 5.91 Å². The predicted octanol–water partition coefficient (Wildman–Crippen LogP) is 2.84. The van der Waals surface area contributed by atoms with Gasteiger partial charge in [-0.15, -0.1) is 0 Å². The first kappa shape index (κ1) is 16.5. The molecule has 110 valence electrons. The molecule has 0 aliphatic rings. The number of carbonyl (C=O) groups excluding carboxylic acids is 2. The Hall–Kier alpha value is -1.56. The molecule has 0 saturated carbocycles. The summed E-state index contributed by atoms with van der Waals surface area (Å²) in [6.07, 6.45) is -0.596. The Bertz CT molecular complexity index is 511. The number of likely N-dealkylation sites (N-methyl/N-ethyl adjacent to an activating group) is 1. The summed E-state index contributed by atoms with van der Waals surface area (Å²) < 4.78 is 6.05. The summed E-state index contributed by atoms with van der Waals surface area (Å²) in [5, 5.41) is 0. The van der Waals surface area contributed by atoms with Gasteiger partial charge >= 0.3 is 6.09 Å². The highest BCUT2D eigenvalue weighted by Gasteiger charge is 2.30. The van der Waals surface area contributed by atoms with Gasteiger partial charge in [0.05, 0.1) is 0 Å². The Morgan fingerprint density at radius 2 is 1.95 bits per heavy atom. The molecule has 2 amide bonds. The lowest BCUT2D eigenvalue weighted by atomic mass is 10.1. The lowest BCUT2D eigenvalue weighted by molar-refractivity contribution is -0.123. The molecule has 0 aromatic heterocycles. The Morgan fingerprint density at radius 3 is 2.40 bits per heavy atom. The molecule has 0 aliphatic heterocycles. The smallest absolute Gasteiger partial charge is 0.410 e.